The summed E-state index contributed by atoms with van der Waals surface area (Å²) in [6.45, 7) is 6.26. The second-order valence-corrected chi connectivity index (χ2v) is 7.11. The zero-order valence-electron chi connectivity index (χ0n) is 15.8. The summed E-state index contributed by atoms with van der Waals surface area (Å²) in [4.78, 5) is 14.5. The van der Waals surface area contributed by atoms with E-state index in [0.29, 0.717) is 5.75 Å². The molecule has 0 unspecified atom stereocenters. The first-order valence-electron chi connectivity index (χ1n) is 8.46. The minimum Gasteiger partial charge on any atom is -0.481 e. The van der Waals surface area contributed by atoms with E-state index in [2.05, 4.69) is 30.5 Å². The van der Waals surface area contributed by atoms with Crippen LogP contribution in [-0.4, -0.2) is 24.7 Å². The van der Waals surface area contributed by atoms with Gasteiger partial charge in [-0.3, -0.25) is 5.73 Å². The molecule has 0 spiro atoms. The van der Waals surface area contributed by atoms with E-state index < -0.39 is 18.0 Å². The predicted molar refractivity (Wildman–Crippen MR) is 98.2 cm³/mol. The number of nitrogens with one attached hydrogen (secondary N) is 1. The summed E-state index contributed by atoms with van der Waals surface area (Å²) in [5.41, 5.74) is 7.07. The Bertz CT molecular complexity index is 837. The van der Waals surface area contributed by atoms with Crippen molar-refractivity contribution < 1.29 is 32.4 Å². The van der Waals surface area contributed by atoms with Gasteiger partial charge in [-0.1, -0.05) is 32.9 Å². The lowest BCUT2D eigenvalue weighted by Gasteiger charge is -2.19. The van der Waals surface area contributed by atoms with E-state index in [9.17, 15) is 18.0 Å². The molecule has 28 heavy (non-hydrogen) atoms. The summed E-state index contributed by atoms with van der Waals surface area (Å²) in [5, 5.41) is 0. The van der Waals surface area contributed by atoms with Crippen LogP contribution in [0.3, 0.4) is 0 Å². The van der Waals surface area contributed by atoms with Gasteiger partial charge in [-0.15, -0.1) is 13.2 Å². The molecule has 0 aliphatic heterocycles. The van der Waals surface area contributed by atoms with Gasteiger partial charge in [0, 0.05) is 0 Å². The van der Waals surface area contributed by atoms with Crippen LogP contribution in [0, 0.1) is 0 Å². The standard InChI is InChI=1S/C20H21F3N2O3/c1-19(2,3)14-6-10-15(11-7-14)27-12-17(24)25-18(26)13-4-8-16(9-5-13)28-20(21,22)23/h4-11H,12H2,1-3H3,(H2,24,25,26)/p+1. The van der Waals surface area contributed by atoms with Gasteiger partial charge in [0.05, 0.1) is 5.56 Å². The molecule has 0 heterocycles. The molecule has 0 aliphatic carbocycles. The quantitative estimate of drug-likeness (QED) is 0.603. The van der Waals surface area contributed by atoms with Crippen molar-refractivity contribution in [2.24, 2.45) is 5.73 Å². The van der Waals surface area contributed by atoms with Crippen LogP contribution >= 0.6 is 0 Å². The molecule has 0 radical (unpaired) electrons. The first kappa shape index (κ1) is 21.3. The minimum atomic E-state index is -4.79. The van der Waals surface area contributed by atoms with Crippen LogP contribution in [0.5, 0.6) is 11.5 Å². The van der Waals surface area contributed by atoms with E-state index >= 15 is 0 Å². The van der Waals surface area contributed by atoms with Crippen molar-refractivity contribution in [3.8, 4) is 11.5 Å². The van der Waals surface area contributed by atoms with Crippen molar-refractivity contribution in [3.63, 3.8) is 0 Å². The minimum absolute atomic E-state index is 0.0261. The number of nitrogens with two attached hydrogens (primary N) is 1. The summed E-state index contributed by atoms with van der Waals surface area (Å²) in [5.74, 6) is -0.315. The van der Waals surface area contributed by atoms with Gasteiger partial charge in [-0.25, -0.2) is 9.79 Å². The molecule has 2 aromatic carbocycles. The number of carbonyl (C=O) groups is 1. The van der Waals surface area contributed by atoms with Gasteiger partial charge in [0.25, 0.3) is 5.84 Å². The fourth-order valence-corrected chi connectivity index (χ4v) is 2.27. The monoisotopic (exact) mass is 395 g/mol. The van der Waals surface area contributed by atoms with Gasteiger partial charge >= 0.3 is 12.3 Å². The van der Waals surface area contributed by atoms with E-state index in [-0.39, 0.29) is 23.4 Å². The van der Waals surface area contributed by atoms with E-state index in [1.54, 1.807) is 0 Å². The molecule has 5 nitrogen and oxygen atoms in total. The topological polar surface area (TPSA) is 75.5 Å². The molecule has 0 fully saturated rings. The lowest BCUT2D eigenvalue weighted by molar-refractivity contribution is -0.348. The smallest absolute Gasteiger partial charge is 0.481 e. The summed E-state index contributed by atoms with van der Waals surface area (Å²) in [7, 11) is 0. The van der Waals surface area contributed by atoms with Gasteiger partial charge in [-0.05, 0) is 47.4 Å². The Labute approximate surface area is 161 Å². The molecule has 0 bridgehead atoms. The number of carbonyl (C=O) groups excluding carboxylic acids is 1. The molecule has 0 aromatic heterocycles. The third kappa shape index (κ3) is 6.61. The van der Waals surface area contributed by atoms with Gasteiger partial charge in [0.1, 0.15) is 11.5 Å². The molecule has 0 atom stereocenters. The Morgan fingerprint density at radius 2 is 1.50 bits per heavy atom. The van der Waals surface area contributed by atoms with E-state index in [1.165, 1.54) is 12.1 Å². The van der Waals surface area contributed by atoms with Crippen molar-refractivity contribution in [2.45, 2.75) is 32.5 Å². The highest BCUT2D eigenvalue weighted by Crippen LogP contribution is 2.24. The molecule has 2 rings (SSSR count). The zero-order chi connectivity index (χ0) is 20.9. The molecule has 0 saturated heterocycles. The molecule has 0 saturated carbocycles. The summed E-state index contributed by atoms with van der Waals surface area (Å²) >= 11 is 0. The maximum atomic E-state index is 12.1. The van der Waals surface area contributed by atoms with Crippen LogP contribution < -0.4 is 20.2 Å². The Hall–Kier alpha value is -3.03. The van der Waals surface area contributed by atoms with Gasteiger partial charge in [0.2, 0.25) is 0 Å². The number of alkyl halides is 3. The van der Waals surface area contributed by atoms with Crippen molar-refractivity contribution in [3.05, 3.63) is 59.7 Å². The first-order chi connectivity index (χ1) is 12.9. The molecule has 3 N–H and O–H groups in total. The first-order valence-corrected chi connectivity index (χ1v) is 8.46. The van der Waals surface area contributed by atoms with Crippen LogP contribution in [0.15, 0.2) is 48.5 Å². The average molecular weight is 395 g/mol. The third-order valence-electron chi connectivity index (χ3n) is 3.74. The van der Waals surface area contributed by atoms with Crippen molar-refractivity contribution >= 4 is 11.7 Å². The Morgan fingerprint density at radius 1 is 0.964 bits per heavy atom. The molecule has 2 aromatic rings. The Morgan fingerprint density at radius 3 is 2.00 bits per heavy atom. The van der Waals surface area contributed by atoms with E-state index in [4.69, 9.17) is 10.5 Å². The number of benzene rings is 2. The Balaban J connectivity index is 1.94. The fraction of sp³-hybridized carbons (Fsp3) is 0.300. The zero-order valence-corrected chi connectivity index (χ0v) is 15.8. The van der Waals surface area contributed by atoms with Crippen LogP contribution in [0.1, 0.15) is 36.7 Å². The molecule has 150 valence electrons. The summed E-state index contributed by atoms with van der Waals surface area (Å²) in [6.07, 6.45) is -4.79. The maximum Gasteiger partial charge on any atom is 0.573 e. The average Bonchev–Trinajstić information content (AvgIpc) is 2.59. The van der Waals surface area contributed by atoms with Crippen molar-refractivity contribution in [2.75, 3.05) is 6.61 Å². The van der Waals surface area contributed by atoms with Gasteiger partial charge in [0.15, 0.2) is 6.61 Å². The summed E-state index contributed by atoms with van der Waals surface area (Å²) in [6, 6.07) is 12.0. The van der Waals surface area contributed by atoms with Gasteiger partial charge in [-0.2, -0.15) is 0 Å². The lowest BCUT2D eigenvalue weighted by atomic mass is 9.87. The molecule has 0 aliphatic rings. The second-order valence-electron chi connectivity index (χ2n) is 7.11. The largest absolute Gasteiger partial charge is 0.573 e. The molecular weight excluding hydrogens is 373 g/mol. The molecule has 1 amide bonds. The van der Waals surface area contributed by atoms with Crippen LogP contribution in [-0.2, 0) is 5.41 Å². The number of hydrogen-bond donors (Lipinski definition) is 2. The number of halogens is 3. The molecule has 8 heteroatoms. The van der Waals surface area contributed by atoms with E-state index in [1.807, 2.05) is 24.3 Å². The SMILES string of the molecule is CC(C)(C)c1ccc(OCC(N)=[NH+]C(=O)c2ccc(OC(F)(F)F)cc2)cc1. The Kier molecular flexibility index (Phi) is 6.33. The van der Waals surface area contributed by atoms with Gasteiger partial charge < -0.3 is 9.47 Å². The highest BCUT2D eigenvalue weighted by Gasteiger charge is 2.31. The lowest BCUT2D eigenvalue weighted by Crippen LogP contribution is -2.80. The normalized spacial score (nSPS) is 12.6. The van der Waals surface area contributed by atoms with E-state index in [0.717, 1.165) is 17.7 Å². The van der Waals surface area contributed by atoms with Crippen molar-refractivity contribution in [1.82, 2.24) is 0 Å². The number of hydrogen-bond acceptors (Lipinski definition) is 3. The van der Waals surface area contributed by atoms with Crippen molar-refractivity contribution in [1.29, 1.82) is 0 Å². The summed E-state index contributed by atoms with van der Waals surface area (Å²) < 4.78 is 45.7. The number of amides is 1. The number of rotatable bonds is 5. The maximum absolute atomic E-state index is 12.1. The third-order valence-corrected chi connectivity index (χ3v) is 3.74. The van der Waals surface area contributed by atoms with Crippen LogP contribution in [0.2, 0.25) is 0 Å². The highest BCUT2D eigenvalue weighted by atomic mass is 19.4. The molecular formula is C20H22F3N2O3+. The highest BCUT2D eigenvalue weighted by molar-refractivity contribution is 5.91. The van der Waals surface area contributed by atoms with Crippen LogP contribution in [0.25, 0.3) is 0 Å². The second kappa shape index (κ2) is 8.33. The predicted octanol–water partition coefficient (Wildman–Crippen LogP) is 2.54. The number of amidine groups is 1. The number of ether oxygens (including phenoxy) is 2. The van der Waals surface area contributed by atoms with Crippen LogP contribution in [0.4, 0.5) is 13.2 Å². The fourth-order valence-electron chi connectivity index (χ4n) is 2.27.